The molecule has 1 aromatic carbocycles. The van der Waals surface area contributed by atoms with Gasteiger partial charge in [-0.2, -0.15) is 0 Å². The Labute approximate surface area is 124 Å². The van der Waals surface area contributed by atoms with E-state index >= 15 is 0 Å². The lowest BCUT2D eigenvalue weighted by Gasteiger charge is -2.40. The van der Waals surface area contributed by atoms with Crippen molar-refractivity contribution in [2.75, 3.05) is 6.61 Å². The van der Waals surface area contributed by atoms with Gasteiger partial charge in [-0.05, 0) is 56.2 Å². The summed E-state index contributed by atoms with van der Waals surface area (Å²) < 4.78 is 6.77. The second-order valence-electron chi connectivity index (χ2n) is 5.99. The third-order valence-corrected chi connectivity index (χ3v) is 4.96. The highest BCUT2D eigenvalue weighted by Gasteiger charge is 2.32. The molecule has 1 aliphatic heterocycles. The topological polar surface area (TPSA) is 21.3 Å². The molecule has 1 heterocycles. The van der Waals surface area contributed by atoms with E-state index in [4.69, 9.17) is 4.74 Å². The number of ether oxygens (including phenoxy) is 1. The van der Waals surface area contributed by atoms with Crippen LogP contribution in [0.1, 0.15) is 44.1 Å². The van der Waals surface area contributed by atoms with Crippen LogP contribution in [0.15, 0.2) is 28.7 Å². The van der Waals surface area contributed by atoms with Gasteiger partial charge in [-0.15, -0.1) is 0 Å². The smallest absolute Gasteiger partial charge is 0.0561 e. The normalized spacial score (nSPS) is 34.8. The van der Waals surface area contributed by atoms with Crippen LogP contribution < -0.4 is 5.32 Å². The van der Waals surface area contributed by atoms with Gasteiger partial charge in [0, 0.05) is 23.2 Å². The second-order valence-corrected chi connectivity index (χ2v) is 6.90. The van der Waals surface area contributed by atoms with Gasteiger partial charge in [0.1, 0.15) is 0 Å². The van der Waals surface area contributed by atoms with Crippen molar-refractivity contribution in [2.45, 2.75) is 56.7 Å². The minimum absolute atomic E-state index is 0.425. The zero-order valence-electron chi connectivity index (χ0n) is 11.4. The predicted octanol–water partition coefficient (Wildman–Crippen LogP) is 3.85. The first-order valence-corrected chi connectivity index (χ1v) is 8.13. The monoisotopic (exact) mass is 323 g/mol. The Morgan fingerprint density at radius 3 is 2.53 bits per heavy atom. The zero-order chi connectivity index (χ0) is 13.2. The molecule has 3 rings (SSSR count). The Morgan fingerprint density at radius 2 is 1.84 bits per heavy atom. The fourth-order valence-electron chi connectivity index (χ4n) is 3.24. The first kappa shape index (κ1) is 13.6. The van der Waals surface area contributed by atoms with Crippen molar-refractivity contribution in [2.24, 2.45) is 0 Å². The van der Waals surface area contributed by atoms with E-state index in [0.29, 0.717) is 18.2 Å². The molecule has 19 heavy (non-hydrogen) atoms. The van der Waals surface area contributed by atoms with Crippen LogP contribution in [0.2, 0.25) is 0 Å². The van der Waals surface area contributed by atoms with E-state index in [-0.39, 0.29) is 0 Å². The zero-order valence-corrected chi connectivity index (χ0v) is 13.0. The summed E-state index contributed by atoms with van der Waals surface area (Å²) >= 11 is 3.49. The highest BCUT2D eigenvalue weighted by Crippen LogP contribution is 2.37. The van der Waals surface area contributed by atoms with Gasteiger partial charge in [0.15, 0.2) is 0 Å². The molecule has 104 valence electrons. The molecule has 2 atom stereocenters. The van der Waals surface area contributed by atoms with Gasteiger partial charge in [-0.25, -0.2) is 0 Å². The van der Waals surface area contributed by atoms with Crippen LogP contribution in [-0.4, -0.2) is 24.8 Å². The molecule has 1 N–H and O–H groups in total. The van der Waals surface area contributed by atoms with Gasteiger partial charge in [0.05, 0.1) is 6.10 Å². The lowest BCUT2D eigenvalue weighted by molar-refractivity contribution is 0.00851. The molecule has 2 fully saturated rings. The highest BCUT2D eigenvalue weighted by atomic mass is 79.9. The Bertz CT molecular complexity index is 413. The summed E-state index contributed by atoms with van der Waals surface area (Å²) in [6, 6.07) is 10.2. The Hall–Kier alpha value is -0.380. The average molecular weight is 324 g/mol. The van der Waals surface area contributed by atoms with E-state index < -0.39 is 0 Å². The van der Waals surface area contributed by atoms with E-state index in [1.54, 1.807) is 0 Å². The Morgan fingerprint density at radius 1 is 1.11 bits per heavy atom. The Kier molecular flexibility index (Phi) is 4.25. The number of hydrogen-bond acceptors (Lipinski definition) is 2. The van der Waals surface area contributed by atoms with Gasteiger partial charge >= 0.3 is 0 Å². The summed E-state index contributed by atoms with van der Waals surface area (Å²) in [6.45, 7) is 3.10. The van der Waals surface area contributed by atoms with E-state index in [1.165, 1.54) is 35.7 Å². The molecular formula is C16H22BrNO. The van der Waals surface area contributed by atoms with Crippen molar-refractivity contribution < 1.29 is 4.74 Å². The number of benzene rings is 1. The summed E-state index contributed by atoms with van der Waals surface area (Å²) in [7, 11) is 0. The molecule has 0 aromatic heterocycles. The third kappa shape index (κ3) is 3.39. The van der Waals surface area contributed by atoms with E-state index in [1.807, 2.05) is 0 Å². The van der Waals surface area contributed by atoms with Crippen molar-refractivity contribution in [3.63, 3.8) is 0 Å². The molecule has 2 unspecified atom stereocenters. The van der Waals surface area contributed by atoms with Crippen LogP contribution in [0.5, 0.6) is 0 Å². The average Bonchev–Trinajstić information content (AvgIpc) is 2.35. The predicted molar refractivity (Wildman–Crippen MR) is 81.5 cm³/mol. The van der Waals surface area contributed by atoms with Gasteiger partial charge in [-0.1, -0.05) is 28.1 Å². The standard InChI is InChI=1S/C16H22BrNO/c1-11-8-15(6-7-19-11)18-16-9-13(10-16)12-2-4-14(17)5-3-12/h2-5,11,13,15-16,18H,6-10H2,1H3. The summed E-state index contributed by atoms with van der Waals surface area (Å²) in [4.78, 5) is 0. The van der Waals surface area contributed by atoms with Crippen molar-refractivity contribution in [1.29, 1.82) is 0 Å². The largest absolute Gasteiger partial charge is 0.378 e. The van der Waals surface area contributed by atoms with E-state index in [2.05, 4.69) is 52.4 Å². The number of rotatable bonds is 3. The maximum absolute atomic E-state index is 5.60. The molecule has 0 amide bonds. The molecule has 1 aromatic rings. The first-order chi connectivity index (χ1) is 9.20. The van der Waals surface area contributed by atoms with Crippen LogP contribution in [0.25, 0.3) is 0 Å². The minimum Gasteiger partial charge on any atom is -0.378 e. The van der Waals surface area contributed by atoms with Crippen LogP contribution in [-0.2, 0) is 4.74 Å². The van der Waals surface area contributed by atoms with Crippen LogP contribution in [0.3, 0.4) is 0 Å². The summed E-state index contributed by atoms with van der Waals surface area (Å²) in [5.41, 5.74) is 1.49. The summed E-state index contributed by atoms with van der Waals surface area (Å²) in [6.07, 6.45) is 5.33. The molecule has 0 radical (unpaired) electrons. The van der Waals surface area contributed by atoms with Crippen LogP contribution in [0, 0.1) is 0 Å². The molecule has 0 spiro atoms. The molecule has 1 saturated heterocycles. The van der Waals surface area contributed by atoms with E-state index in [9.17, 15) is 0 Å². The number of nitrogens with one attached hydrogen (secondary N) is 1. The minimum atomic E-state index is 0.425. The maximum atomic E-state index is 5.60. The molecule has 1 aliphatic carbocycles. The lowest BCUT2D eigenvalue weighted by atomic mass is 9.75. The third-order valence-electron chi connectivity index (χ3n) is 4.44. The molecule has 1 saturated carbocycles. The second kappa shape index (κ2) is 5.94. The van der Waals surface area contributed by atoms with Crippen LogP contribution in [0.4, 0.5) is 0 Å². The molecule has 2 aliphatic rings. The molecular weight excluding hydrogens is 302 g/mol. The van der Waals surface area contributed by atoms with Crippen molar-refractivity contribution >= 4 is 15.9 Å². The number of hydrogen-bond donors (Lipinski definition) is 1. The van der Waals surface area contributed by atoms with Gasteiger partial charge in [0.2, 0.25) is 0 Å². The Balaban J connectivity index is 1.46. The van der Waals surface area contributed by atoms with Crippen molar-refractivity contribution in [3.05, 3.63) is 34.3 Å². The molecule has 2 nitrogen and oxygen atoms in total. The lowest BCUT2D eigenvalue weighted by Crippen LogP contribution is -2.48. The SMILES string of the molecule is CC1CC(NC2CC(c3ccc(Br)cc3)C2)CCO1. The maximum Gasteiger partial charge on any atom is 0.0561 e. The molecule has 0 bridgehead atoms. The summed E-state index contributed by atoms with van der Waals surface area (Å²) in [5.74, 6) is 0.753. The highest BCUT2D eigenvalue weighted by molar-refractivity contribution is 9.10. The van der Waals surface area contributed by atoms with Crippen molar-refractivity contribution in [3.8, 4) is 0 Å². The van der Waals surface area contributed by atoms with Crippen molar-refractivity contribution in [1.82, 2.24) is 5.32 Å². The molecule has 3 heteroatoms. The van der Waals surface area contributed by atoms with E-state index in [0.717, 1.165) is 12.5 Å². The van der Waals surface area contributed by atoms with Gasteiger partial charge in [-0.3, -0.25) is 0 Å². The van der Waals surface area contributed by atoms with Gasteiger partial charge < -0.3 is 10.1 Å². The number of halogens is 1. The fourth-order valence-corrected chi connectivity index (χ4v) is 3.51. The fraction of sp³-hybridized carbons (Fsp3) is 0.625. The van der Waals surface area contributed by atoms with Crippen LogP contribution >= 0.6 is 15.9 Å². The quantitative estimate of drug-likeness (QED) is 0.912. The summed E-state index contributed by atoms with van der Waals surface area (Å²) in [5, 5.41) is 3.81. The first-order valence-electron chi connectivity index (χ1n) is 7.34. The van der Waals surface area contributed by atoms with Gasteiger partial charge in [0.25, 0.3) is 0 Å².